The van der Waals surface area contributed by atoms with E-state index in [-0.39, 0.29) is 5.56 Å². The summed E-state index contributed by atoms with van der Waals surface area (Å²) in [6.07, 6.45) is 1.59. The molecule has 1 aliphatic heterocycles. The summed E-state index contributed by atoms with van der Waals surface area (Å²) >= 11 is 1.32. The number of hydrogen-bond donors (Lipinski definition) is 2. The van der Waals surface area contributed by atoms with Crippen LogP contribution in [0.1, 0.15) is 22.8 Å². The summed E-state index contributed by atoms with van der Waals surface area (Å²) in [6, 6.07) is 20.9. The molecule has 4 amide bonds. The fraction of sp³-hybridized carbons (Fsp3) is 0.0909. The Morgan fingerprint density at radius 1 is 1.00 bits per heavy atom. The molecule has 7 nitrogen and oxygen atoms in total. The van der Waals surface area contributed by atoms with Crippen LogP contribution in [-0.2, 0) is 10.3 Å². The van der Waals surface area contributed by atoms with E-state index in [2.05, 4.69) is 15.7 Å². The van der Waals surface area contributed by atoms with Crippen LogP contribution in [0, 0.1) is 0 Å². The summed E-state index contributed by atoms with van der Waals surface area (Å²) in [5.41, 5.74) is 2.05. The number of carbonyl (C=O) groups excluding carboxylic acids is 3. The van der Waals surface area contributed by atoms with E-state index in [0.29, 0.717) is 10.6 Å². The van der Waals surface area contributed by atoms with E-state index in [9.17, 15) is 14.4 Å². The Hall–Kier alpha value is -3.65. The van der Waals surface area contributed by atoms with E-state index in [0.717, 1.165) is 9.90 Å². The first kappa shape index (κ1) is 19.7. The lowest BCUT2D eigenvalue weighted by Crippen LogP contribution is -2.48. The molecule has 0 aliphatic carbocycles. The molecule has 0 radical (unpaired) electrons. The van der Waals surface area contributed by atoms with Crippen molar-refractivity contribution in [3.63, 3.8) is 0 Å². The number of hydrazine groups is 1. The van der Waals surface area contributed by atoms with Crippen LogP contribution in [0.5, 0.6) is 0 Å². The first-order valence-corrected chi connectivity index (χ1v) is 10.0. The Labute approximate surface area is 177 Å². The minimum atomic E-state index is -1.26. The maximum Gasteiger partial charge on any atom is 0.344 e. The van der Waals surface area contributed by atoms with E-state index in [4.69, 9.17) is 0 Å². The van der Waals surface area contributed by atoms with Gasteiger partial charge in [-0.05, 0) is 36.8 Å². The number of carbonyl (C=O) groups is 3. The van der Waals surface area contributed by atoms with E-state index < -0.39 is 23.4 Å². The summed E-state index contributed by atoms with van der Waals surface area (Å²) in [7, 11) is 0. The number of imide groups is 1. The van der Waals surface area contributed by atoms with Gasteiger partial charge >= 0.3 is 6.03 Å². The number of nitrogens with zero attached hydrogens (tertiary/aromatic N) is 2. The zero-order valence-corrected chi connectivity index (χ0v) is 16.8. The standard InChI is InChI=1S/C22H18N4O3S/c1-22(15-9-4-2-5-10-15)20(28)26(21(29)24-22)25-18(27)17-13-8-14-23-19(17)30-16-11-6-3-7-12-16/h2-14H,1H3,(H,24,29)(H,25,27)/t22-/m1/s1. The number of nitrogens with one attached hydrogen (secondary N) is 2. The van der Waals surface area contributed by atoms with Crippen LogP contribution >= 0.6 is 11.8 Å². The molecular weight excluding hydrogens is 400 g/mol. The van der Waals surface area contributed by atoms with Crippen molar-refractivity contribution in [3.05, 3.63) is 90.1 Å². The van der Waals surface area contributed by atoms with E-state index in [1.54, 1.807) is 49.5 Å². The molecule has 2 aromatic carbocycles. The molecule has 0 unspecified atom stereocenters. The van der Waals surface area contributed by atoms with Gasteiger partial charge in [0, 0.05) is 11.1 Å². The Bertz CT molecular complexity index is 1110. The molecule has 8 heteroatoms. The van der Waals surface area contributed by atoms with Gasteiger partial charge in [-0.3, -0.25) is 15.0 Å². The summed E-state index contributed by atoms with van der Waals surface area (Å²) in [4.78, 5) is 43.6. The zero-order valence-electron chi connectivity index (χ0n) is 16.0. The van der Waals surface area contributed by atoms with Gasteiger partial charge in [0.1, 0.15) is 10.6 Å². The largest absolute Gasteiger partial charge is 0.344 e. The molecule has 1 fully saturated rings. The van der Waals surface area contributed by atoms with Crippen LogP contribution in [0.3, 0.4) is 0 Å². The van der Waals surface area contributed by atoms with Crippen LogP contribution in [0.2, 0.25) is 0 Å². The minimum absolute atomic E-state index is 0.264. The molecule has 3 aromatic rings. The number of rotatable bonds is 5. The molecule has 1 aliphatic rings. The molecule has 4 rings (SSSR count). The average molecular weight is 418 g/mol. The third-order valence-corrected chi connectivity index (χ3v) is 5.76. The number of urea groups is 1. The SMILES string of the molecule is C[C@]1(c2ccccc2)NC(=O)N(NC(=O)c2cccnc2Sc2ccccc2)C1=O. The van der Waals surface area contributed by atoms with Crippen molar-refractivity contribution in [2.75, 3.05) is 0 Å². The fourth-order valence-corrected chi connectivity index (χ4v) is 4.02. The molecule has 30 heavy (non-hydrogen) atoms. The zero-order chi connectivity index (χ0) is 21.1. The highest BCUT2D eigenvalue weighted by Crippen LogP contribution is 2.30. The highest BCUT2D eigenvalue weighted by Gasteiger charge is 2.50. The normalized spacial score (nSPS) is 18.2. The Balaban J connectivity index is 1.56. The highest BCUT2D eigenvalue weighted by molar-refractivity contribution is 7.99. The maximum absolute atomic E-state index is 13.0. The summed E-state index contributed by atoms with van der Waals surface area (Å²) in [5.74, 6) is -1.16. The first-order valence-electron chi connectivity index (χ1n) is 9.20. The molecule has 0 saturated carbocycles. The quantitative estimate of drug-likeness (QED) is 0.620. The van der Waals surface area contributed by atoms with Gasteiger partial charge in [0.05, 0.1) is 5.56 Å². The van der Waals surface area contributed by atoms with Crippen molar-refractivity contribution in [1.82, 2.24) is 20.7 Å². The second-order valence-electron chi connectivity index (χ2n) is 6.77. The van der Waals surface area contributed by atoms with Crippen LogP contribution in [0.25, 0.3) is 0 Å². The number of aromatic nitrogens is 1. The second-order valence-corrected chi connectivity index (χ2v) is 7.84. The number of pyridine rings is 1. The smallest absolute Gasteiger partial charge is 0.318 e. The van der Waals surface area contributed by atoms with Crippen molar-refractivity contribution < 1.29 is 14.4 Å². The predicted molar refractivity (Wildman–Crippen MR) is 111 cm³/mol. The van der Waals surface area contributed by atoms with E-state index in [1.165, 1.54) is 11.8 Å². The van der Waals surface area contributed by atoms with Crippen molar-refractivity contribution in [3.8, 4) is 0 Å². The van der Waals surface area contributed by atoms with E-state index >= 15 is 0 Å². The first-order chi connectivity index (χ1) is 14.5. The third kappa shape index (κ3) is 3.65. The van der Waals surface area contributed by atoms with Gasteiger partial charge in [-0.15, -0.1) is 0 Å². The van der Waals surface area contributed by atoms with Crippen LogP contribution in [0.4, 0.5) is 4.79 Å². The lowest BCUT2D eigenvalue weighted by Gasteiger charge is -2.22. The lowest BCUT2D eigenvalue weighted by atomic mass is 9.92. The van der Waals surface area contributed by atoms with Gasteiger partial charge in [-0.1, -0.05) is 60.3 Å². The van der Waals surface area contributed by atoms with Crippen molar-refractivity contribution in [2.45, 2.75) is 22.4 Å². The molecular formula is C22H18N4O3S. The van der Waals surface area contributed by atoms with Gasteiger partial charge in [0.15, 0.2) is 0 Å². The predicted octanol–water partition coefficient (Wildman–Crippen LogP) is 3.34. The number of benzene rings is 2. The lowest BCUT2D eigenvalue weighted by molar-refractivity contribution is -0.132. The molecule has 2 heterocycles. The van der Waals surface area contributed by atoms with Gasteiger partial charge in [0.25, 0.3) is 11.8 Å². The van der Waals surface area contributed by atoms with Gasteiger partial charge in [-0.25, -0.2) is 9.78 Å². The third-order valence-electron chi connectivity index (χ3n) is 4.73. The molecule has 1 aromatic heterocycles. The van der Waals surface area contributed by atoms with Crippen molar-refractivity contribution >= 4 is 29.6 Å². The van der Waals surface area contributed by atoms with Crippen LogP contribution in [-0.4, -0.2) is 27.8 Å². The number of hydrogen-bond acceptors (Lipinski definition) is 5. The van der Waals surface area contributed by atoms with Crippen LogP contribution in [0.15, 0.2) is 88.9 Å². The summed E-state index contributed by atoms with van der Waals surface area (Å²) in [6.45, 7) is 1.61. The number of amides is 4. The maximum atomic E-state index is 13.0. The summed E-state index contributed by atoms with van der Waals surface area (Å²) in [5, 5.41) is 3.85. The monoisotopic (exact) mass is 418 g/mol. The van der Waals surface area contributed by atoms with Crippen LogP contribution < -0.4 is 10.7 Å². The molecule has 150 valence electrons. The molecule has 0 bridgehead atoms. The average Bonchev–Trinajstić information content (AvgIpc) is 2.99. The molecule has 1 atom stereocenters. The van der Waals surface area contributed by atoms with Crippen molar-refractivity contribution in [2.24, 2.45) is 0 Å². The minimum Gasteiger partial charge on any atom is -0.318 e. The van der Waals surface area contributed by atoms with Gasteiger partial charge in [-0.2, -0.15) is 5.01 Å². The highest BCUT2D eigenvalue weighted by atomic mass is 32.2. The molecule has 1 saturated heterocycles. The Morgan fingerprint density at radius 3 is 2.37 bits per heavy atom. The molecule has 0 spiro atoms. The molecule has 2 N–H and O–H groups in total. The van der Waals surface area contributed by atoms with Gasteiger partial charge in [0.2, 0.25) is 0 Å². The Morgan fingerprint density at radius 2 is 1.67 bits per heavy atom. The Kier molecular flexibility index (Phi) is 5.24. The summed E-state index contributed by atoms with van der Waals surface area (Å²) < 4.78 is 0. The fourth-order valence-electron chi connectivity index (χ4n) is 3.11. The van der Waals surface area contributed by atoms with E-state index in [1.807, 2.05) is 36.4 Å². The van der Waals surface area contributed by atoms with Crippen molar-refractivity contribution in [1.29, 1.82) is 0 Å². The second kappa shape index (κ2) is 8.00. The topological polar surface area (TPSA) is 91.4 Å². The van der Waals surface area contributed by atoms with Gasteiger partial charge < -0.3 is 5.32 Å².